The van der Waals surface area contributed by atoms with E-state index in [0.717, 1.165) is 5.17 Å². The van der Waals surface area contributed by atoms with Gasteiger partial charge in [-0.1, -0.05) is 11.8 Å². The van der Waals surface area contributed by atoms with Gasteiger partial charge in [-0.3, -0.25) is 9.80 Å². The number of carbonyl (C=O) groups excluding carboxylic acids is 1. The molecular weight excluding hydrogens is 428 g/mol. The Labute approximate surface area is 170 Å². The van der Waals surface area contributed by atoms with Crippen molar-refractivity contribution in [2.75, 3.05) is 32.1 Å². The van der Waals surface area contributed by atoms with Crippen LogP contribution in [0.3, 0.4) is 0 Å². The highest BCUT2D eigenvalue weighted by Gasteiger charge is 2.31. The Morgan fingerprint density at radius 2 is 1.86 bits per heavy atom. The Hall–Kier alpha value is -2.38. The second-order valence-electron chi connectivity index (χ2n) is 6.05. The fourth-order valence-electron chi connectivity index (χ4n) is 2.74. The predicted molar refractivity (Wildman–Crippen MR) is 103 cm³/mol. The van der Waals surface area contributed by atoms with Gasteiger partial charge in [-0.2, -0.15) is 13.1 Å². The molecule has 3 rings (SSSR count). The van der Waals surface area contributed by atoms with Gasteiger partial charge >= 0.3 is 6.61 Å². The number of amides is 1. The Morgan fingerprint density at radius 3 is 2.45 bits per heavy atom. The topological polar surface area (TPSA) is 109 Å². The number of piperazine rings is 1. The molecule has 9 nitrogen and oxygen atoms in total. The van der Waals surface area contributed by atoms with E-state index in [1.165, 1.54) is 52.6 Å². The number of benzene rings is 1. The maximum Gasteiger partial charge on any atom is 0.387 e. The van der Waals surface area contributed by atoms with Crippen molar-refractivity contribution in [2.45, 2.75) is 11.5 Å². The average molecular weight is 447 g/mol. The van der Waals surface area contributed by atoms with Gasteiger partial charge < -0.3 is 15.4 Å². The van der Waals surface area contributed by atoms with E-state index in [2.05, 4.69) is 9.84 Å². The van der Waals surface area contributed by atoms with Crippen molar-refractivity contribution in [3.63, 3.8) is 0 Å². The molecular formula is C16H19F2N5O4S2. The van der Waals surface area contributed by atoms with E-state index in [1.807, 2.05) is 4.90 Å². The van der Waals surface area contributed by atoms with Gasteiger partial charge in [0.05, 0.1) is 10.8 Å². The lowest BCUT2D eigenvalue weighted by atomic mass is 10.3. The normalized spacial score (nSPS) is 18.5. The molecule has 0 aliphatic carbocycles. The first-order valence-electron chi connectivity index (χ1n) is 8.51. The monoisotopic (exact) mass is 447 g/mol. The predicted octanol–water partition coefficient (Wildman–Crippen LogP) is 0.871. The number of hydrogen-bond donors (Lipinski definition) is 1. The second kappa shape index (κ2) is 8.97. The van der Waals surface area contributed by atoms with E-state index >= 15 is 0 Å². The van der Waals surface area contributed by atoms with Crippen LogP contribution in [0.15, 0.2) is 46.5 Å². The van der Waals surface area contributed by atoms with Crippen LogP contribution in [-0.4, -0.2) is 72.4 Å². The highest BCUT2D eigenvalue weighted by atomic mass is 32.2. The number of rotatable bonds is 6. The van der Waals surface area contributed by atoms with Gasteiger partial charge in [0, 0.05) is 38.5 Å². The summed E-state index contributed by atoms with van der Waals surface area (Å²) in [4.78, 5) is 12.8. The molecule has 1 fully saturated rings. The number of hydrogen-bond acceptors (Lipinski definition) is 8. The van der Waals surface area contributed by atoms with Crippen LogP contribution in [0.25, 0.3) is 0 Å². The van der Waals surface area contributed by atoms with Gasteiger partial charge in [-0.05, 0) is 24.3 Å². The molecule has 0 bridgehead atoms. The molecule has 0 atom stereocenters. The van der Waals surface area contributed by atoms with Crippen molar-refractivity contribution < 1.29 is 26.7 Å². The van der Waals surface area contributed by atoms with Crippen molar-refractivity contribution in [3.05, 3.63) is 36.5 Å². The van der Waals surface area contributed by atoms with Crippen LogP contribution in [0.1, 0.15) is 0 Å². The fourth-order valence-corrected chi connectivity index (χ4v) is 5.09. The van der Waals surface area contributed by atoms with E-state index in [1.54, 1.807) is 5.01 Å². The second-order valence-corrected chi connectivity index (χ2v) is 8.90. The number of halogens is 2. The Morgan fingerprint density at radius 1 is 1.21 bits per heavy atom. The van der Waals surface area contributed by atoms with Crippen LogP contribution < -0.4 is 10.5 Å². The highest BCUT2D eigenvalue weighted by molar-refractivity contribution is 8.13. The van der Waals surface area contributed by atoms with Crippen molar-refractivity contribution in [2.24, 2.45) is 10.8 Å². The Bertz CT molecular complexity index is 900. The summed E-state index contributed by atoms with van der Waals surface area (Å²) in [7, 11) is -3.74. The molecule has 0 radical (unpaired) electrons. The number of nitrogens with zero attached hydrogens (tertiary/aromatic N) is 4. The van der Waals surface area contributed by atoms with Crippen LogP contribution in [0, 0.1) is 0 Å². The number of amidine groups is 1. The van der Waals surface area contributed by atoms with Crippen LogP contribution in [0.5, 0.6) is 5.75 Å². The molecule has 2 heterocycles. The summed E-state index contributed by atoms with van der Waals surface area (Å²) in [5.41, 5.74) is 5.06. The van der Waals surface area contributed by atoms with Crippen LogP contribution in [-0.2, 0) is 14.8 Å². The van der Waals surface area contributed by atoms with E-state index < -0.39 is 22.5 Å². The molecule has 1 aromatic rings. The lowest BCUT2D eigenvalue weighted by molar-refractivity contribution is -0.113. The number of carbonyl (C=O) groups is 1. The first-order chi connectivity index (χ1) is 13.8. The molecule has 1 aromatic carbocycles. The number of primary amides is 1. The van der Waals surface area contributed by atoms with Crippen LogP contribution in [0.2, 0.25) is 0 Å². The van der Waals surface area contributed by atoms with Gasteiger partial charge in [-0.25, -0.2) is 8.42 Å². The summed E-state index contributed by atoms with van der Waals surface area (Å²) in [6.45, 7) is -1.55. The molecule has 0 unspecified atom stereocenters. The number of nitrogens with two attached hydrogens (primary N) is 1. The van der Waals surface area contributed by atoms with Gasteiger partial charge in [0.2, 0.25) is 15.9 Å². The smallest absolute Gasteiger partial charge is 0.387 e. The van der Waals surface area contributed by atoms with E-state index in [0.29, 0.717) is 19.0 Å². The molecule has 158 valence electrons. The number of thioether (sulfide) groups is 1. The van der Waals surface area contributed by atoms with Crippen molar-refractivity contribution in [3.8, 4) is 5.75 Å². The number of sulfonamides is 1. The fraction of sp³-hybridized carbons (Fsp3) is 0.375. The molecule has 2 aliphatic rings. The third-order valence-electron chi connectivity index (χ3n) is 4.15. The summed E-state index contributed by atoms with van der Waals surface area (Å²) in [5.74, 6) is -0.133. The lowest BCUT2D eigenvalue weighted by Crippen LogP contribution is -2.49. The maximum atomic E-state index is 12.8. The largest absolute Gasteiger partial charge is 0.435 e. The molecule has 2 aliphatic heterocycles. The quantitative estimate of drug-likeness (QED) is 0.645. The summed E-state index contributed by atoms with van der Waals surface area (Å²) in [6.07, 6.45) is 2.71. The van der Waals surface area contributed by atoms with Crippen LogP contribution >= 0.6 is 11.8 Å². The minimum absolute atomic E-state index is 0.0166. The van der Waals surface area contributed by atoms with Crippen molar-refractivity contribution in [1.82, 2.24) is 14.2 Å². The molecule has 0 spiro atoms. The van der Waals surface area contributed by atoms with Crippen molar-refractivity contribution in [1.29, 1.82) is 0 Å². The van der Waals surface area contributed by atoms with E-state index in [4.69, 9.17) is 5.73 Å². The number of ether oxygens (including phenoxy) is 1. The molecule has 1 amide bonds. The summed E-state index contributed by atoms with van der Waals surface area (Å²) in [5, 5.41) is 6.68. The SMILES string of the molecule is NC(=O)/C=C\N1CSC(N2CCN(S(=O)(=O)c3ccc(OC(F)F)cc3)CC2)=N1. The zero-order valence-corrected chi connectivity index (χ0v) is 16.8. The van der Waals surface area contributed by atoms with E-state index in [-0.39, 0.29) is 23.7 Å². The molecule has 1 saturated heterocycles. The first kappa shape index (κ1) is 21.3. The summed E-state index contributed by atoms with van der Waals surface area (Å²) >= 11 is 1.48. The van der Waals surface area contributed by atoms with Crippen molar-refractivity contribution >= 4 is 32.9 Å². The number of alkyl halides is 2. The number of hydrazone groups is 1. The molecule has 0 aromatic heterocycles. The zero-order chi connectivity index (χ0) is 21.0. The van der Waals surface area contributed by atoms with Gasteiger partial charge in [0.1, 0.15) is 5.75 Å². The van der Waals surface area contributed by atoms with Gasteiger partial charge in [0.15, 0.2) is 5.17 Å². The maximum absolute atomic E-state index is 12.8. The van der Waals surface area contributed by atoms with Gasteiger partial charge in [0.25, 0.3) is 0 Å². The van der Waals surface area contributed by atoms with E-state index in [9.17, 15) is 22.0 Å². The Balaban J connectivity index is 1.60. The summed E-state index contributed by atoms with van der Waals surface area (Å²) in [6, 6.07) is 4.90. The lowest BCUT2D eigenvalue weighted by Gasteiger charge is -2.34. The molecule has 2 N–H and O–H groups in total. The molecule has 13 heteroatoms. The standard InChI is InChI=1S/C16H19F2N5O4S2/c17-15(18)27-12-1-3-13(4-2-12)29(25,26)23-9-7-21(8-10-23)16-20-22(11-28-16)6-5-14(19)24/h1-6,15H,7-11H2,(H2,19,24)/b6-5-. The molecule has 0 saturated carbocycles. The minimum Gasteiger partial charge on any atom is -0.435 e. The first-order valence-corrected chi connectivity index (χ1v) is 10.9. The van der Waals surface area contributed by atoms with Crippen LogP contribution in [0.4, 0.5) is 8.78 Å². The third-order valence-corrected chi connectivity index (χ3v) is 7.05. The Kier molecular flexibility index (Phi) is 6.59. The van der Waals surface area contributed by atoms with Gasteiger partial charge in [-0.15, -0.1) is 5.10 Å². The average Bonchev–Trinajstić information content (AvgIpc) is 3.15. The zero-order valence-electron chi connectivity index (χ0n) is 15.1. The third kappa shape index (κ3) is 5.36. The molecule has 29 heavy (non-hydrogen) atoms. The highest BCUT2D eigenvalue weighted by Crippen LogP contribution is 2.24. The summed E-state index contributed by atoms with van der Waals surface area (Å²) < 4.78 is 55.6. The minimum atomic E-state index is -3.74.